The standard InChI is InChI=1S/C21H19Cl2N3O3/c22-15-3-1-13(2-4-15)19(20(24)27)25-7-9-26(10-8-25)21(28)18-12-14-11-16(23)5-6-17(14)29-18/h1-6,11-12,19H,7-10H2,(H2,24,27). The summed E-state index contributed by atoms with van der Waals surface area (Å²) in [7, 11) is 0. The number of piperazine rings is 1. The fourth-order valence-corrected chi connectivity index (χ4v) is 3.97. The van der Waals surface area contributed by atoms with Gasteiger partial charge in [-0.2, -0.15) is 0 Å². The van der Waals surface area contributed by atoms with Crippen LogP contribution in [0.1, 0.15) is 22.2 Å². The van der Waals surface area contributed by atoms with Gasteiger partial charge in [0.05, 0.1) is 0 Å². The fourth-order valence-electron chi connectivity index (χ4n) is 3.66. The van der Waals surface area contributed by atoms with E-state index in [4.69, 9.17) is 33.4 Å². The number of rotatable bonds is 4. The molecule has 1 saturated heterocycles. The minimum atomic E-state index is -0.558. The number of furan rings is 1. The summed E-state index contributed by atoms with van der Waals surface area (Å²) in [5.41, 5.74) is 7.06. The van der Waals surface area contributed by atoms with E-state index >= 15 is 0 Å². The molecular formula is C21H19Cl2N3O3. The first-order valence-corrected chi connectivity index (χ1v) is 9.95. The topological polar surface area (TPSA) is 79.8 Å². The van der Waals surface area contributed by atoms with E-state index in [1.165, 1.54) is 0 Å². The highest BCUT2D eigenvalue weighted by Gasteiger charge is 2.31. The van der Waals surface area contributed by atoms with E-state index in [-0.39, 0.29) is 11.7 Å². The van der Waals surface area contributed by atoms with Crippen LogP contribution in [-0.2, 0) is 4.79 Å². The highest BCUT2D eigenvalue weighted by Crippen LogP contribution is 2.26. The predicted octanol–water partition coefficient (Wildman–Crippen LogP) is 3.72. The van der Waals surface area contributed by atoms with Crippen molar-refractivity contribution >= 4 is 46.0 Å². The lowest BCUT2D eigenvalue weighted by atomic mass is 10.0. The molecule has 0 aliphatic carbocycles. The SMILES string of the molecule is NC(=O)C(c1ccc(Cl)cc1)N1CCN(C(=O)c2cc3cc(Cl)ccc3o2)CC1. The predicted molar refractivity (Wildman–Crippen MR) is 112 cm³/mol. The minimum Gasteiger partial charge on any atom is -0.451 e. The molecule has 150 valence electrons. The molecule has 0 spiro atoms. The molecule has 29 heavy (non-hydrogen) atoms. The second kappa shape index (κ2) is 8.06. The summed E-state index contributed by atoms with van der Waals surface area (Å²) in [6, 6.07) is 13.5. The van der Waals surface area contributed by atoms with Crippen molar-refractivity contribution in [1.29, 1.82) is 0 Å². The highest BCUT2D eigenvalue weighted by atomic mass is 35.5. The molecule has 8 heteroatoms. The van der Waals surface area contributed by atoms with Crippen molar-refractivity contribution < 1.29 is 14.0 Å². The first-order chi connectivity index (χ1) is 13.9. The third-order valence-corrected chi connectivity index (χ3v) is 5.60. The van der Waals surface area contributed by atoms with Gasteiger partial charge in [-0.15, -0.1) is 0 Å². The Morgan fingerprint density at radius 3 is 2.24 bits per heavy atom. The molecule has 1 aliphatic heterocycles. The van der Waals surface area contributed by atoms with Gasteiger partial charge in [0.15, 0.2) is 5.76 Å². The monoisotopic (exact) mass is 431 g/mol. The number of carbonyl (C=O) groups excluding carboxylic acids is 2. The largest absolute Gasteiger partial charge is 0.451 e. The van der Waals surface area contributed by atoms with Gasteiger partial charge in [0.25, 0.3) is 5.91 Å². The zero-order chi connectivity index (χ0) is 20.5. The Bertz CT molecular complexity index is 1060. The fraction of sp³-hybridized carbons (Fsp3) is 0.238. The second-order valence-electron chi connectivity index (χ2n) is 6.98. The van der Waals surface area contributed by atoms with Crippen molar-refractivity contribution in [2.75, 3.05) is 26.2 Å². The summed E-state index contributed by atoms with van der Waals surface area (Å²) in [5, 5.41) is 1.97. The first-order valence-electron chi connectivity index (χ1n) is 9.19. The molecule has 1 unspecified atom stereocenters. The van der Waals surface area contributed by atoms with Gasteiger partial charge in [-0.3, -0.25) is 14.5 Å². The zero-order valence-electron chi connectivity index (χ0n) is 15.5. The summed E-state index contributed by atoms with van der Waals surface area (Å²) in [6.07, 6.45) is 0. The average molecular weight is 432 g/mol. The van der Waals surface area contributed by atoms with Crippen molar-refractivity contribution in [3.8, 4) is 0 Å². The smallest absolute Gasteiger partial charge is 0.289 e. The number of nitrogens with zero attached hydrogens (tertiary/aromatic N) is 2. The number of fused-ring (bicyclic) bond motifs is 1. The molecule has 1 aromatic heterocycles. The number of benzene rings is 2. The molecule has 1 atom stereocenters. The normalized spacial score (nSPS) is 16.1. The number of primary amides is 1. The number of carbonyl (C=O) groups is 2. The Morgan fingerprint density at radius 1 is 0.931 bits per heavy atom. The van der Waals surface area contributed by atoms with Gasteiger partial charge in [-0.1, -0.05) is 35.3 Å². The average Bonchev–Trinajstić information content (AvgIpc) is 3.12. The highest BCUT2D eigenvalue weighted by molar-refractivity contribution is 6.31. The van der Waals surface area contributed by atoms with Crippen molar-refractivity contribution in [2.45, 2.75) is 6.04 Å². The molecule has 6 nitrogen and oxygen atoms in total. The number of halogens is 2. The van der Waals surface area contributed by atoms with Gasteiger partial charge in [0.1, 0.15) is 11.6 Å². The van der Waals surface area contributed by atoms with Gasteiger partial charge in [-0.25, -0.2) is 0 Å². The van der Waals surface area contributed by atoms with Crippen LogP contribution in [0.25, 0.3) is 11.0 Å². The molecular weight excluding hydrogens is 413 g/mol. The Kier molecular flexibility index (Phi) is 5.50. The van der Waals surface area contributed by atoms with E-state index < -0.39 is 11.9 Å². The van der Waals surface area contributed by atoms with Crippen LogP contribution in [0.4, 0.5) is 0 Å². The van der Waals surface area contributed by atoms with Crippen LogP contribution in [0.2, 0.25) is 10.0 Å². The van der Waals surface area contributed by atoms with Crippen LogP contribution >= 0.6 is 23.2 Å². The summed E-state index contributed by atoms with van der Waals surface area (Å²) in [4.78, 5) is 28.6. The van der Waals surface area contributed by atoms with E-state index in [0.29, 0.717) is 41.8 Å². The Labute approximate surface area is 177 Å². The van der Waals surface area contributed by atoms with Gasteiger partial charge < -0.3 is 15.1 Å². The summed E-state index contributed by atoms with van der Waals surface area (Å²) in [6.45, 7) is 1.98. The van der Waals surface area contributed by atoms with E-state index in [0.717, 1.165) is 10.9 Å². The van der Waals surface area contributed by atoms with Crippen LogP contribution in [0.15, 0.2) is 52.9 Å². The van der Waals surface area contributed by atoms with Crippen molar-refractivity contribution in [3.63, 3.8) is 0 Å². The Balaban J connectivity index is 1.46. The van der Waals surface area contributed by atoms with Crippen molar-refractivity contribution in [2.24, 2.45) is 5.73 Å². The van der Waals surface area contributed by atoms with Crippen LogP contribution in [0.5, 0.6) is 0 Å². The van der Waals surface area contributed by atoms with E-state index in [1.54, 1.807) is 53.4 Å². The lowest BCUT2D eigenvalue weighted by Crippen LogP contribution is -2.51. The number of hydrogen-bond acceptors (Lipinski definition) is 4. The van der Waals surface area contributed by atoms with Gasteiger partial charge in [-0.05, 0) is 42.0 Å². The minimum absolute atomic E-state index is 0.181. The molecule has 2 N–H and O–H groups in total. The van der Waals surface area contributed by atoms with Crippen molar-refractivity contribution in [3.05, 3.63) is 69.9 Å². The quantitative estimate of drug-likeness (QED) is 0.682. The number of hydrogen-bond donors (Lipinski definition) is 1. The van der Waals surface area contributed by atoms with Gasteiger partial charge in [0.2, 0.25) is 5.91 Å². The van der Waals surface area contributed by atoms with Crippen LogP contribution < -0.4 is 5.73 Å². The molecule has 0 saturated carbocycles. The molecule has 1 aliphatic rings. The second-order valence-corrected chi connectivity index (χ2v) is 7.85. The molecule has 2 aromatic carbocycles. The van der Waals surface area contributed by atoms with Crippen LogP contribution in [0.3, 0.4) is 0 Å². The van der Waals surface area contributed by atoms with Gasteiger partial charge >= 0.3 is 0 Å². The van der Waals surface area contributed by atoms with Crippen LogP contribution in [0, 0.1) is 0 Å². The summed E-state index contributed by atoms with van der Waals surface area (Å²) in [5.74, 6) is -0.333. The molecule has 0 bridgehead atoms. The molecule has 0 radical (unpaired) electrons. The molecule has 1 fully saturated rings. The summed E-state index contributed by atoms with van der Waals surface area (Å²) < 4.78 is 5.68. The maximum Gasteiger partial charge on any atom is 0.289 e. The number of nitrogens with two attached hydrogens (primary N) is 1. The molecule has 3 aromatic rings. The maximum absolute atomic E-state index is 12.8. The first kappa shape index (κ1) is 19.8. The van der Waals surface area contributed by atoms with E-state index in [9.17, 15) is 9.59 Å². The maximum atomic E-state index is 12.8. The lowest BCUT2D eigenvalue weighted by Gasteiger charge is -2.38. The van der Waals surface area contributed by atoms with E-state index in [1.807, 2.05) is 4.90 Å². The zero-order valence-corrected chi connectivity index (χ0v) is 17.0. The third-order valence-electron chi connectivity index (χ3n) is 5.11. The summed E-state index contributed by atoms with van der Waals surface area (Å²) >= 11 is 11.9. The van der Waals surface area contributed by atoms with Gasteiger partial charge in [0, 0.05) is 41.6 Å². The Morgan fingerprint density at radius 2 is 1.59 bits per heavy atom. The molecule has 2 heterocycles. The van der Waals surface area contributed by atoms with E-state index in [2.05, 4.69) is 0 Å². The Hall–Kier alpha value is -2.54. The number of amides is 2. The molecule has 2 amide bonds. The van der Waals surface area contributed by atoms with Crippen molar-refractivity contribution in [1.82, 2.24) is 9.80 Å². The van der Waals surface area contributed by atoms with Crippen LogP contribution in [-0.4, -0.2) is 47.8 Å². The lowest BCUT2D eigenvalue weighted by molar-refractivity contribution is -0.124. The third kappa shape index (κ3) is 4.10. The molecule has 4 rings (SSSR count).